The first-order valence-electron chi connectivity index (χ1n) is 13.8. The highest BCUT2D eigenvalue weighted by molar-refractivity contribution is 6.42. The van der Waals surface area contributed by atoms with Gasteiger partial charge in [0.15, 0.2) is 5.82 Å². The molecule has 0 saturated carbocycles. The van der Waals surface area contributed by atoms with Gasteiger partial charge in [-0.3, -0.25) is 14.4 Å². The quantitative estimate of drug-likeness (QED) is 0.360. The van der Waals surface area contributed by atoms with Crippen LogP contribution in [0.4, 0.5) is 0 Å². The third-order valence-electron chi connectivity index (χ3n) is 8.13. The van der Waals surface area contributed by atoms with Gasteiger partial charge in [-0.15, -0.1) is 15.0 Å². The molecule has 1 N–H and O–H groups in total. The molecule has 0 saturated heterocycles. The third kappa shape index (κ3) is 5.04. The fourth-order valence-corrected chi connectivity index (χ4v) is 6.02. The van der Waals surface area contributed by atoms with Crippen LogP contribution in [0.1, 0.15) is 69.4 Å². The van der Waals surface area contributed by atoms with Crippen LogP contribution in [0.2, 0.25) is 10.0 Å². The van der Waals surface area contributed by atoms with Gasteiger partial charge in [0.2, 0.25) is 5.91 Å². The largest absolute Gasteiger partial charge is 0.357 e. The number of aromatic nitrogens is 6. The molecule has 0 unspecified atom stereocenters. The van der Waals surface area contributed by atoms with Crippen LogP contribution in [-0.2, 0) is 17.8 Å². The molecule has 6 rings (SSSR count). The number of rotatable bonds is 5. The summed E-state index contributed by atoms with van der Waals surface area (Å²) in [6, 6.07) is 11.0. The standard InChI is InChI=1S/C29H29Cl2N9O3/c1-15-11-24-21(13-37(15)28(42)19-7-10-22(30)23(31)12-19)26-29(43)38(14-25(27(41)32-4)39(26)35-24)16(2)18-5-8-20(9-6-18)40-34-17(3)33-36-40/h5-10,12,15-16,25H,11,13-14H2,1-4H3,(H,32,41)/t15-,16+,25+/m1/s1. The van der Waals surface area contributed by atoms with Crippen LogP contribution in [0.3, 0.4) is 0 Å². The van der Waals surface area contributed by atoms with E-state index in [9.17, 15) is 14.4 Å². The van der Waals surface area contributed by atoms with Gasteiger partial charge in [-0.05, 0) is 61.9 Å². The number of nitrogens with zero attached hydrogens (tertiary/aromatic N) is 8. The summed E-state index contributed by atoms with van der Waals surface area (Å²) in [4.78, 5) is 45.7. The number of carbonyl (C=O) groups is 3. The van der Waals surface area contributed by atoms with E-state index in [2.05, 4.69) is 20.7 Å². The summed E-state index contributed by atoms with van der Waals surface area (Å²) in [6.45, 7) is 5.92. The maximum absolute atomic E-state index is 14.2. The lowest BCUT2D eigenvalue weighted by Crippen LogP contribution is -2.49. The first-order chi connectivity index (χ1) is 20.6. The highest BCUT2D eigenvalue weighted by atomic mass is 35.5. The van der Waals surface area contributed by atoms with Crippen molar-refractivity contribution < 1.29 is 14.4 Å². The fourth-order valence-electron chi connectivity index (χ4n) is 5.72. The number of halogens is 2. The Kier molecular flexibility index (Phi) is 7.43. The molecule has 3 atom stereocenters. The minimum atomic E-state index is -0.734. The Labute approximate surface area is 257 Å². The van der Waals surface area contributed by atoms with E-state index in [1.165, 1.54) is 9.48 Å². The molecule has 3 amide bonds. The fraction of sp³-hybridized carbons (Fsp3) is 0.345. The zero-order valence-corrected chi connectivity index (χ0v) is 25.5. The number of tetrazole rings is 1. The van der Waals surface area contributed by atoms with E-state index >= 15 is 0 Å². The highest BCUT2D eigenvalue weighted by Crippen LogP contribution is 2.36. The number of nitrogens with one attached hydrogen (secondary N) is 1. The van der Waals surface area contributed by atoms with Gasteiger partial charge in [-0.1, -0.05) is 35.3 Å². The molecule has 2 aromatic carbocycles. The lowest BCUT2D eigenvalue weighted by atomic mass is 9.96. The number of aryl methyl sites for hydroxylation is 1. The molecule has 4 heterocycles. The summed E-state index contributed by atoms with van der Waals surface area (Å²) >= 11 is 12.3. The van der Waals surface area contributed by atoms with Crippen molar-refractivity contribution in [3.8, 4) is 5.69 Å². The minimum absolute atomic E-state index is 0.139. The van der Waals surface area contributed by atoms with Crippen LogP contribution in [0.5, 0.6) is 0 Å². The second-order valence-corrected chi connectivity index (χ2v) is 11.6. The number of benzene rings is 2. The van der Waals surface area contributed by atoms with Gasteiger partial charge >= 0.3 is 0 Å². The topological polar surface area (TPSA) is 131 Å². The van der Waals surface area contributed by atoms with Crippen LogP contribution in [-0.4, -0.2) is 77.1 Å². The van der Waals surface area contributed by atoms with Gasteiger partial charge in [0, 0.05) is 30.6 Å². The molecule has 222 valence electrons. The van der Waals surface area contributed by atoms with E-state index in [0.29, 0.717) is 39.8 Å². The predicted octanol–water partition coefficient (Wildman–Crippen LogP) is 3.57. The molecule has 14 heteroatoms. The zero-order chi connectivity index (χ0) is 30.6. The molecule has 0 radical (unpaired) electrons. The van der Waals surface area contributed by atoms with Gasteiger partial charge < -0.3 is 15.1 Å². The number of amides is 3. The molecule has 0 spiro atoms. The predicted molar refractivity (Wildman–Crippen MR) is 158 cm³/mol. The summed E-state index contributed by atoms with van der Waals surface area (Å²) in [5.74, 6) is -0.186. The summed E-state index contributed by atoms with van der Waals surface area (Å²) in [5.41, 5.74) is 3.67. The van der Waals surface area contributed by atoms with Crippen molar-refractivity contribution >= 4 is 40.9 Å². The molecular formula is C29H29Cl2N9O3. The monoisotopic (exact) mass is 621 g/mol. The van der Waals surface area contributed by atoms with Crippen LogP contribution < -0.4 is 5.32 Å². The second kappa shape index (κ2) is 11.1. The van der Waals surface area contributed by atoms with E-state index in [-0.39, 0.29) is 47.9 Å². The lowest BCUT2D eigenvalue weighted by Gasteiger charge is -2.38. The van der Waals surface area contributed by atoms with E-state index in [0.717, 1.165) is 11.3 Å². The first-order valence-corrected chi connectivity index (χ1v) is 14.6. The second-order valence-electron chi connectivity index (χ2n) is 10.8. The molecule has 2 aliphatic heterocycles. The summed E-state index contributed by atoms with van der Waals surface area (Å²) in [7, 11) is 1.56. The number of hydrogen-bond donors (Lipinski definition) is 1. The van der Waals surface area contributed by atoms with Gasteiger partial charge in [-0.2, -0.15) is 5.10 Å². The van der Waals surface area contributed by atoms with Gasteiger partial charge in [-0.25, -0.2) is 4.68 Å². The molecule has 12 nitrogen and oxygen atoms in total. The number of fused-ring (bicyclic) bond motifs is 3. The number of carbonyl (C=O) groups excluding carboxylic acids is 3. The van der Waals surface area contributed by atoms with Crippen molar-refractivity contribution in [1.82, 2.24) is 45.1 Å². The van der Waals surface area contributed by atoms with Gasteiger partial charge in [0.25, 0.3) is 11.8 Å². The summed E-state index contributed by atoms with van der Waals surface area (Å²) in [5, 5.41) is 20.3. The van der Waals surface area contributed by atoms with E-state index < -0.39 is 6.04 Å². The van der Waals surface area contributed by atoms with E-state index in [4.69, 9.17) is 28.3 Å². The van der Waals surface area contributed by atoms with Crippen molar-refractivity contribution in [2.75, 3.05) is 13.6 Å². The maximum Gasteiger partial charge on any atom is 0.273 e. The van der Waals surface area contributed by atoms with Crippen LogP contribution in [0.25, 0.3) is 5.69 Å². The Morgan fingerprint density at radius 1 is 1.07 bits per heavy atom. The Balaban J connectivity index is 1.34. The Morgan fingerprint density at radius 3 is 2.47 bits per heavy atom. The van der Waals surface area contributed by atoms with Gasteiger partial charge in [0.1, 0.15) is 11.7 Å². The maximum atomic E-state index is 14.2. The Morgan fingerprint density at radius 2 is 1.81 bits per heavy atom. The third-order valence-corrected chi connectivity index (χ3v) is 8.87. The first kappa shape index (κ1) is 28.8. The molecular weight excluding hydrogens is 593 g/mol. The smallest absolute Gasteiger partial charge is 0.273 e. The molecule has 0 bridgehead atoms. The summed E-state index contributed by atoms with van der Waals surface area (Å²) in [6.07, 6.45) is 0.433. The van der Waals surface area contributed by atoms with Crippen molar-refractivity contribution in [2.24, 2.45) is 0 Å². The van der Waals surface area contributed by atoms with Crippen molar-refractivity contribution in [3.05, 3.63) is 86.4 Å². The molecule has 4 aromatic rings. The summed E-state index contributed by atoms with van der Waals surface area (Å²) < 4.78 is 1.54. The average molecular weight is 623 g/mol. The van der Waals surface area contributed by atoms with E-state index in [1.807, 2.05) is 38.1 Å². The molecule has 0 aliphatic carbocycles. The van der Waals surface area contributed by atoms with Crippen molar-refractivity contribution in [2.45, 2.75) is 51.9 Å². The Hall–Kier alpha value is -4.29. The van der Waals surface area contributed by atoms with Crippen LogP contribution >= 0.6 is 23.2 Å². The SMILES string of the molecule is CNC(=O)[C@@H]1CN([C@@H](C)c2ccc(-n3nnc(C)n3)cc2)C(=O)c2c3c(nn21)C[C@@H](C)N(C(=O)c1ccc(Cl)c(Cl)c1)C3. The average Bonchev–Trinajstić information content (AvgIpc) is 3.60. The van der Waals surface area contributed by atoms with Crippen molar-refractivity contribution in [3.63, 3.8) is 0 Å². The molecule has 2 aliphatic rings. The minimum Gasteiger partial charge on any atom is -0.357 e. The normalized spacial score (nSPS) is 18.7. The van der Waals surface area contributed by atoms with Gasteiger partial charge in [0.05, 0.1) is 40.6 Å². The number of likely N-dealkylation sites (N-methyl/N-ethyl adjacent to an activating group) is 1. The lowest BCUT2D eigenvalue weighted by molar-refractivity contribution is -0.125. The van der Waals surface area contributed by atoms with E-state index in [1.54, 1.807) is 42.0 Å². The molecule has 43 heavy (non-hydrogen) atoms. The van der Waals surface area contributed by atoms with Crippen molar-refractivity contribution in [1.29, 1.82) is 0 Å². The Bertz CT molecular complexity index is 1750. The number of hydrogen-bond acceptors (Lipinski definition) is 7. The van der Waals surface area contributed by atoms with Crippen LogP contribution in [0, 0.1) is 6.92 Å². The molecule has 2 aromatic heterocycles. The highest BCUT2D eigenvalue weighted by Gasteiger charge is 2.43. The molecule has 0 fully saturated rings. The zero-order valence-electron chi connectivity index (χ0n) is 24.0. The van der Waals surface area contributed by atoms with Crippen LogP contribution in [0.15, 0.2) is 42.5 Å².